The number of para-hydroxylation sites is 2. The minimum Gasteiger partial charge on any atom is -0.493 e. The van der Waals surface area contributed by atoms with Gasteiger partial charge < -0.3 is 4.74 Å². The van der Waals surface area contributed by atoms with Crippen molar-refractivity contribution in [1.29, 1.82) is 0 Å². The van der Waals surface area contributed by atoms with Gasteiger partial charge in [0, 0.05) is 5.56 Å². The minimum absolute atomic E-state index is 0.0388. The first kappa shape index (κ1) is 17.0. The van der Waals surface area contributed by atoms with E-state index in [9.17, 15) is 4.79 Å². The molecule has 0 aliphatic carbocycles. The SMILES string of the molecule is CCCOc1ccc2ccccc2c1/C=c1/sc2nc3ccccc3n2c1=O. The Morgan fingerprint density at radius 1 is 1.07 bits per heavy atom. The molecule has 0 aliphatic rings. The van der Waals surface area contributed by atoms with Gasteiger partial charge in [0.1, 0.15) is 5.75 Å². The Morgan fingerprint density at radius 3 is 2.79 bits per heavy atom. The molecular weight excluding hydrogens is 368 g/mol. The molecule has 5 heteroatoms. The average molecular weight is 386 g/mol. The van der Waals surface area contributed by atoms with Crippen molar-refractivity contribution in [2.45, 2.75) is 13.3 Å². The predicted molar refractivity (Wildman–Crippen MR) is 115 cm³/mol. The second-order valence-electron chi connectivity index (χ2n) is 6.68. The molecule has 2 heterocycles. The highest BCUT2D eigenvalue weighted by atomic mass is 32.1. The van der Waals surface area contributed by atoms with Gasteiger partial charge in [-0.2, -0.15) is 0 Å². The molecule has 2 aromatic heterocycles. The molecule has 0 fully saturated rings. The number of benzene rings is 3. The molecule has 0 aliphatic heterocycles. The fourth-order valence-corrected chi connectivity index (χ4v) is 4.47. The number of ether oxygens (including phenoxy) is 1. The number of hydrogen-bond acceptors (Lipinski definition) is 4. The highest BCUT2D eigenvalue weighted by Gasteiger charge is 2.12. The Balaban J connectivity index is 1.80. The number of fused-ring (bicyclic) bond motifs is 4. The number of rotatable bonds is 4. The standard InChI is InChI=1S/C23H18N2O2S/c1-2-13-27-20-12-11-15-7-3-4-8-16(15)17(20)14-21-22(26)25-19-10-6-5-9-18(19)24-23(25)28-21/h3-12,14H,2,13H2,1H3/b21-14+. The van der Waals surface area contributed by atoms with Crippen LogP contribution in [0.4, 0.5) is 0 Å². The molecule has 4 nitrogen and oxygen atoms in total. The third kappa shape index (κ3) is 2.67. The van der Waals surface area contributed by atoms with Crippen molar-refractivity contribution in [2.24, 2.45) is 0 Å². The van der Waals surface area contributed by atoms with Gasteiger partial charge >= 0.3 is 0 Å². The summed E-state index contributed by atoms with van der Waals surface area (Å²) in [5.41, 5.74) is 2.59. The van der Waals surface area contributed by atoms with E-state index in [1.807, 2.05) is 48.5 Å². The lowest BCUT2D eigenvalue weighted by molar-refractivity contribution is 0.317. The van der Waals surface area contributed by atoms with Crippen LogP contribution in [-0.2, 0) is 0 Å². The zero-order valence-electron chi connectivity index (χ0n) is 15.4. The van der Waals surface area contributed by atoms with Crippen LogP contribution in [0.1, 0.15) is 18.9 Å². The van der Waals surface area contributed by atoms with Crippen molar-refractivity contribution >= 4 is 44.2 Å². The molecule has 0 radical (unpaired) electrons. The smallest absolute Gasteiger partial charge is 0.274 e. The van der Waals surface area contributed by atoms with Gasteiger partial charge in [0.05, 0.1) is 22.2 Å². The normalized spacial score (nSPS) is 12.4. The maximum Gasteiger partial charge on any atom is 0.274 e. The lowest BCUT2D eigenvalue weighted by Crippen LogP contribution is -2.22. The van der Waals surface area contributed by atoms with Crippen LogP contribution in [0.3, 0.4) is 0 Å². The first-order chi connectivity index (χ1) is 13.8. The third-order valence-electron chi connectivity index (χ3n) is 4.81. The van der Waals surface area contributed by atoms with Crippen molar-refractivity contribution in [3.05, 3.63) is 81.1 Å². The van der Waals surface area contributed by atoms with E-state index in [-0.39, 0.29) is 5.56 Å². The van der Waals surface area contributed by atoms with Crippen LogP contribution < -0.4 is 14.8 Å². The zero-order chi connectivity index (χ0) is 19.1. The van der Waals surface area contributed by atoms with Gasteiger partial charge in [0.2, 0.25) is 0 Å². The Morgan fingerprint density at radius 2 is 1.89 bits per heavy atom. The number of aromatic nitrogens is 2. The molecule has 0 saturated carbocycles. The summed E-state index contributed by atoms with van der Waals surface area (Å²) in [5, 5.41) is 2.20. The van der Waals surface area contributed by atoms with Crippen molar-refractivity contribution in [3.63, 3.8) is 0 Å². The summed E-state index contributed by atoms with van der Waals surface area (Å²) in [6.07, 6.45) is 2.88. The number of hydrogen-bond donors (Lipinski definition) is 0. The van der Waals surface area contributed by atoms with E-state index in [1.165, 1.54) is 11.3 Å². The summed E-state index contributed by atoms with van der Waals surface area (Å²) >= 11 is 1.41. The van der Waals surface area contributed by atoms with Gasteiger partial charge in [0.25, 0.3) is 5.56 Å². The largest absolute Gasteiger partial charge is 0.493 e. The maximum atomic E-state index is 13.1. The van der Waals surface area contributed by atoms with Gasteiger partial charge in [-0.3, -0.25) is 4.79 Å². The van der Waals surface area contributed by atoms with Gasteiger partial charge in [0.15, 0.2) is 4.96 Å². The van der Waals surface area contributed by atoms with Crippen LogP contribution in [0.25, 0.3) is 32.8 Å². The molecule has 0 N–H and O–H groups in total. The fraction of sp³-hybridized carbons (Fsp3) is 0.130. The molecule has 0 bridgehead atoms. The summed E-state index contributed by atoms with van der Waals surface area (Å²) in [5.74, 6) is 0.802. The minimum atomic E-state index is -0.0388. The van der Waals surface area contributed by atoms with E-state index >= 15 is 0 Å². The molecule has 5 rings (SSSR count). The quantitative estimate of drug-likeness (QED) is 0.460. The van der Waals surface area contributed by atoms with E-state index in [0.717, 1.165) is 39.5 Å². The molecular formula is C23H18N2O2S. The third-order valence-corrected chi connectivity index (χ3v) is 5.78. The topological polar surface area (TPSA) is 43.6 Å². The van der Waals surface area contributed by atoms with Gasteiger partial charge in [-0.05, 0) is 41.5 Å². The summed E-state index contributed by atoms with van der Waals surface area (Å²) in [7, 11) is 0. The first-order valence-electron chi connectivity index (χ1n) is 9.32. The van der Waals surface area contributed by atoms with Crippen molar-refractivity contribution in [2.75, 3.05) is 6.61 Å². The zero-order valence-corrected chi connectivity index (χ0v) is 16.2. The van der Waals surface area contributed by atoms with E-state index in [1.54, 1.807) is 4.40 Å². The molecule has 138 valence electrons. The Bertz CT molecular complexity index is 1430. The molecule has 0 saturated heterocycles. The summed E-state index contributed by atoms with van der Waals surface area (Å²) in [6, 6.07) is 19.9. The van der Waals surface area contributed by atoms with Gasteiger partial charge in [-0.15, -0.1) is 0 Å². The van der Waals surface area contributed by atoms with E-state index in [4.69, 9.17) is 4.74 Å². The van der Waals surface area contributed by atoms with Crippen LogP contribution in [0.15, 0.2) is 65.5 Å². The van der Waals surface area contributed by atoms with Crippen LogP contribution >= 0.6 is 11.3 Å². The second-order valence-corrected chi connectivity index (χ2v) is 7.69. The fourth-order valence-electron chi connectivity index (χ4n) is 3.51. The maximum absolute atomic E-state index is 13.1. The molecule has 0 spiro atoms. The summed E-state index contributed by atoms with van der Waals surface area (Å²) in [4.78, 5) is 18.4. The number of nitrogens with zero attached hydrogens (tertiary/aromatic N) is 2. The van der Waals surface area contributed by atoms with E-state index < -0.39 is 0 Å². The highest BCUT2D eigenvalue weighted by Crippen LogP contribution is 2.29. The first-order valence-corrected chi connectivity index (χ1v) is 10.1. The number of thiazole rings is 1. The monoisotopic (exact) mass is 386 g/mol. The van der Waals surface area contributed by atoms with Crippen molar-refractivity contribution < 1.29 is 4.74 Å². The summed E-state index contributed by atoms with van der Waals surface area (Å²) < 4.78 is 8.34. The van der Waals surface area contributed by atoms with Crippen LogP contribution in [0, 0.1) is 0 Å². The highest BCUT2D eigenvalue weighted by molar-refractivity contribution is 7.15. The van der Waals surface area contributed by atoms with Gasteiger partial charge in [-0.1, -0.05) is 60.7 Å². The predicted octanol–water partition coefficient (Wildman–Crippen LogP) is 4.40. The second kappa shape index (κ2) is 6.77. The van der Waals surface area contributed by atoms with Crippen LogP contribution in [0.5, 0.6) is 5.75 Å². The Hall–Kier alpha value is -3.18. The number of imidazole rings is 1. The summed E-state index contributed by atoms with van der Waals surface area (Å²) in [6.45, 7) is 2.72. The van der Waals surface area contributed by atoms with Crippen molar-refractivity contribution in [3.8, 4) is 5.75 Å². The molecule has 0 amide bonds. The molecule has 28 heavy (non-hydrogen) atoms. The van der Waals surface area contributed by atoms with Crippen molar-refractivity contribution in [1.82, 2.24) is 9.38 Å². The lowest BCUT2D eigenvalue weighted by atomic mass is 10.0. The van der Waals surface area contributed by atoms with Crippen LogP contribution in [0.2, 0.25) is 0 Å². The lowest BCUT2D eigenvalue weighted by Gasteiger charge is -2.11. The molecule has 0 unspecified atom stereocenters. The molecule has 5 aromatic rings. The average Bonchev–Trinajstić information content (AvgIpc) is 3.23. The van der Waals surface area contributed by atoms with E-state index in [2.05, 4.69) is 30.1 Å². The van der Waals surface area contributed by atoms with Crippen LogP contribution in [-0.4, -0.2) is 16.0 Å². The molecule has 3 aromatic carbocycles. The Kier molecular flexibility index (Phi) is 4.10. The molecule has 0 atom stereocenters. The Labute approximate surface area is 165 Å². The van der Waals surface area contributed by atoms with Gasteiger partial charge in [-0.25, -0.2) is 9.38 Å². The van der Waals surface area contributed by atoms with E-state index in [0.29, 0.717) is 16.1 Å².